The molecule has 2 aliphatic carbocycles. The summed E-state index contributed by atoms with van der Waals surface area (Å²) in [6.45, 7) is 0. The quantitative estimate of drug-likeness (QED) is 0.715. The molecule has 0 N–H and O–H groups in total. The van der Waals surface area contributed by atoms with Gasteiger partial charge in [-0.1, -0.05) is 18.9 Å². The molecule has 1 heterocycles. The van der Waals surface area contributed by atoms with E-state index in [1.54, 1.807) is 12.1 Å². The molecule has 0 radical (unpaired) electrons. The monoisotopic (exact) mass is 221 g/mol. The number of hydrogen-bond donors (Lipinski definition) is 0. The maximum absolute atomic E-state index is 12.9. The second kappa shape index (κ2) is 4.04. The van der Waals surface area contributed by atoms with Crippen LogP contribution in [0.2, 0.25) is 0 Å². The molecule has 0 aromatic carbocycles. The molecule has 2 fully saturated rings. The van der Waals surface area contributed by atoms with Gasteiger partial charge in [0.05, 0.1) is 0 Å². The van der Waals surface area contributed by atoms with Gasteiger partial charge in [0.1, 0.15) is 6.10 Å². The van der Waals surface area contributed by atoms with E-state index >= 15 is 0 Å². The van der Waals surface area contributed by atoms with Crippen molar-refractivity contribution in [3.05, 3.63) is 24.1 Å². The SMILES string of the molecule is Fc1cccc(OC2C[C@H]3CC[C@@H](C2)C3)n1. The van der Waals surface area contributed by atoms with Crippen LogP contribution in [-0.4, -0.2) is 11.1 Å². The number of rotatable bonds is 2. The van der Waals surface area contributed by atoms with Gasteiger partial charge < -0.3 is 4.74 Å². The largest absolute Gasteiger partial charge is 0.474 e. The standard InChI is InChI=1S/C13H16FNO/c14-12-2-1-3-13(15-12)16-11-7-9-4-5-10(6-9)8-11/h1-3,9-11H,4-8H2/t9-,10+,11?. The van der Waals surface area contributed by atoms with Crippen LogP contribution in [0.3, 0.4) is 0 Å². The summed E-state index contributed by atoms with van der Waals surface area (Å²) in [5, 5.41) is 0. The van der Waals surface area contributed by atoms with Gasteiger partial charge in [-0.15, -0.1) is 0 Å². The number of aromatic nitrogens is 1. The molecule has 0 spiro atoms. The molecule has 1 aromatic rings. The Morgan fingerprint density at radius 2 is 1.88 bits per heavy atom. The Morgan fingerprint density at radius 3 is 2.56 bits per heavy atom. The van der Waals surface area contributed by atoms with Gasteiger partial charge in [0.15, 0.2) is 0 Å². The fourth-order valence-electron chi connectivity index (χ4n) is 3.17. The second-order valence-electron chi connectivity index (χ2n) is 5.05. The number of hydrogen-bond acceptors (Lipinski definition) is 2. The Morgan fingerprint density at radius 1 is 1.12 bits per heavy atom. The molecular weight excluding hydrogens is 205 g/mol. The summed E-state index contributed by atoms with van der Waals surface area (Å²) in [7, 11) is 0. The van der Waals surface area contributed by atoms with Gasteiger partial charge in [-0.25, -0.2) is 0 Å². The number of fused-ring (bicyclic) bond motifs is 2. The van der Waals surface area contributed by atoms with Crippen LogP contribution in [0, 0.1) is 17.8 Å². The first kappa shape index (κ1) is 10.1. The normalized spacial score (nSPS) is 32.7. The van der Waals surface area contributed by atoms with Crippen molar-refractivity contribution < 1.29 is 9.13 Å². The maximum atomic E-state index is 12.9. The number of ether oxygens (including phenoxy) is 1. The predicted octanol–water partition coefficient (Wildman–Crippen LogP) is 3.18. The molecule has 1 aromatic heterocycles. The minimum Gasteiger partial charge on any atom is -0.474 e. The molecule has 2 saturated carbocycles. The van der Waals surface area contributed by atoms with E-state index in [4.69, 9.17) is 4.74 Å². The zero-order valence-corrected chi connectivity index (χ0v) is 9.23. The highest BCUT2D eigenvalue weighted by molar-refractivity contribution is 5.11. The third-order valence-corrected chi connectivity index (χ3v) is 3.82. The molecule has 2 nitrogen and oxygen atoms in total. The van der Waals surface area contributed by atoms with E-state index in [1.807, 2.05) is 0 Å². The fourth-order valence-corrected chi connectivity index (χ4v) is 3.17. The topological polar surface area (TPSA) is 22.1 Å². The summed E-state index contributed by atoms with van der Waals surface area (Å²) < 4.78 is 18.7. The summed E-state index contributed by atoms with van der Waals surface area (Å²) in [5.41, 5.74) is 0. The van der Waals surface area contributed by atoms with Crippen molar-refractivity contribution >= 4 is 0 Å². The van der Waals surface area contributed by atoms with Crippen LogP contribution in [0.25, 0.3) is 0 Å². The lowest BCUT2D eigenvalue weighted by molar-refractivity contribution is 0.113. The molecule has 0 saturated heterocycles. The molecule has 86 valence electrons. The molecule has 0 amide bonds. The number of nitrogens with zero attached hydrogens (tertiary/aromatic N) is 1. The molecule has 3 atom stereocenters. The minimum absolute atomic E-state index is 0.251. The van der Waals surface area contributed by atoms with Crippen LogP contribution in [0.15, 0.2) is 18.2 Å². The molecule has 16 heavy (non-hydrogen) atoms. The summed E-state index contributed by atoms with van der Waals surface area (Å²) in [6, 6.07) is 4.73. The summed E-state index contributed by atoms with van der Waals surface area (Å²) in [6.07, 6.45) is 6.56. The zero-order chi connectivity index (χ0) is 11.0. The van der Waals surface area contributed by atoms with E-state index in [0.717, 1.165) is 24.7 Å². The first-order chi connectivity index (χ1) is 7.79. The molecule has 0 aliphatic heterocycles. The third kappa shape index (κ3) is 2.04. The Balaban J connectivity index is 1.67. The van der Waals surface area contributed by atoms with Crippen LogP contribution in [0.5, 0.6) is 5.88 Å². The van der Waals surface area contributed by atoms with Crippen LogP contribution in [-0.2, 0) is 0 Å². The van der Waals surface area contributed by atoms with Crippen LogP contribution in [0.4, 0.5) is 4.39 Å². The Hall–Kier alpha value is -1.12. The van der Waals surface area contributed by atoms with E-state index < -0.39 is 5.95 Å². The van der Waals surface area contributed by atoms with Crippen molar-refractivity contribution in [2.24, 2.45) is 11.8 Å². The van der Waals surface area contributed by atoms with Gasteiger partial charge in [-0.05, 0) is 37.2 Å². The molecule has 3 heteroatoms. The Kier molecular flexibility index (Phi) is 2.54. The average Bonchev–Trinajstić information content (AvgIpc) is 2.58. The summed E-state index contributed by atoms with van der Waals surface area (Å²) in [5.74, 6) is 1.64. The number of pyridine rings is 1. The lowest BCUT2D eigenvalue weighted by atomic mass is 9.87. The van der Waals surface area contributed by atoms with Crippen molar-refractivity contribution in [2.75, 3.05) is 0 Å². The first-order valence-corrected chi connectivity index (χ1v) is 6.09. The van der Waals surface area contributed by atoms with Crippen molar-refractivity contribution in [1.82, 2.24) is 4.98 Å². The fraction of sp³-hybridized carbons (Fsp3) is 0.615. The highest BCUT2D eigenvalue weighted by atomic mass is 19.1. The lowest BCUT2D eigenvalue weighted by Gasteiger charge is -2.27. The molecule has 3 rings (SSSR count). The van der Waals surface area contributed by atoms with E-state index in [1.165, 1.54) is 25.3 Å². The van der Waals surface area contributed by atoms with Crippen molar-refractivity contribution in [2.45, 2.75) is 38.2 Å². The molecule has 2 aliphatic rings. The van der Waals surface area contributed by atoms with Gasteiger partial charge in [0, 0.05) is 6.07 Å². The van der Waals surface area contributed by atoms with Gasteiger partial charge in [0.25, 0.3) is 0 Å². The smallest absolute Gasteiger partial charge is 0.216 e. The van der Waals surface area contributed by atoms with Crippen molar-refractivity contribution in [1.29, 1.82) is 0 Å². The number of halogens is 1. The molecular formula is C13H16FNO. The van der Waals surface area contributed by atoms with Crippen LogP contribution >= 0.6 is 0 Å². The Labute approximate surface area is 94.8 Å². The van der Waals surface area contributed by atoms with E-state index in [0.29, 0.717) is 5.88 Å². The lowest BCUT2D eigenvalue weighted by Crippen LogP contribution is -2.26. The average molecular weight is 221 g/mol. The highest BCUT2D eigenvalue weighted by Crippen LogP contribution is 2.42. The molecule has 2 bridgehead atoms. The van der Waals surface area contributed by atoms with Crippen LogP contribution in [0.1, 0.15) is 32.1 Å². The van der Waals surface area contributed by atoms with E-state index in [2.05, 4.69) is 4.98 Å². The minimum atomic E-state index is -0.462. The van der Waals surface area contributed by atoms with E-state index in [-0.39, 0.29) is 6.10 Å². The van der Waals surface area contributed by atoms with Crippen molar-refractivity contribution in [3.8, 4) is 5.88 Å². The van der Waals surface area contributed by atoms with E-state index in [9.17, 15) is 4.39 Å². The van der Waals surface area contributed by atoms with Gasteiger partial charge in [-0.2, -0.15) is 9.37 Å². The highest BCUT2D eigenvalue weighted by Gasteiger charge is 2.35. The van der Waals surface area contributed by atoms with Gasteiger partial charge in [0.2, 0.25) is 11.8 Å². The zero-order valence-electron chi connectivity index (χ0n) is 9.23. The second-order valence-corrected chi connectivity index (χ2v) is 5.05. The predicted molar refractivity (Wildman–Crippen MR) is 58.7 cm³/mol. The van der Waals surface area contributed by atoms with Gasteiger partial charge >= 0.3 is 0 Å². The third-order valence-electron chi connectivity index (χ3n) is 3.82. The molecule has 1 unspecified atom stereocenters. The summed E-state index contributed by atoms with van der Waals surface area (Å²) >= 11 is 0. The summed E-state index contributed by atoms with van der Waals surface area (Å²) in [4.78, 5) is 3.75. The van der Waals surface area contributed by atoms with Crippen LogP contribution < -0.4 is 4.74 Å². The van der Waals surface area contributed by atoms with Gasteiger partial charge in [-0.3, -0.25) is 0 Å². The van der Waals surface area contributed by atoms with Crippen molar-refractivity contribution in [3.63, 3.8) is 0 Å². The Bertz CT molecular complexity index is 370. The maximum Gasteiger partial charge on any atom is 0.216 e. The first-order valence-electron chi connectivity index (χ1n) is 6.09.